The van der Waals surface area contributed by atoms with Gasteiger partial charge in [0, 0.05) is 34.6 Å². The third kappa shape index (κ3) is 3.22. The highest BCUT2D eigenvalue weighted by Gasteiger charge is 2.35. The number of nitrogens with zero attached hydrogens (tertiary/aromatic N) is 2. The molecule has 5 rings (SSSR count). The lowest BCUT2D eigenvalue weighted by atomic mass is 9.94. The monoisotopic (exact) mass is 405 g/mol. The van der Waals surface area contributed by atoms with Crippen molar-refractivity contribution in [3.63, 3.8) is 0 Å². The molecular weight excluding hydrogens is 382 g/mol. The Bertz CT molecular complexity index is 1160. The number of aryl methyl sites for hydroxylation is 1. The first kappa shape index (κ1) is 18.3. The van der Waals surface area contributed by atoms with E-state index in [0.717, 1.165) is 58.6 Å². The summed E-state index contributed by atoms with van der Waals surface area (Å²) in [5, 5.41) is 12.3. The van der Waals surface area contributed by atoms with Gasteiger partial charge >= 0.3 is 5.97 Å². The number of likely N-dealkylation sites (tertiary alicyclic amines) is 1. The van der Waals surface area contributed by atoms with E-state index in [0.29, 0.717) is 0 Å². The molecule has 3 heterocycles. The van der Waals surface area contributed by atoms with Gasteiger partial charge in [0.25, 0.3) is 0 Å². The molecule has 0 aliphatic carbocycles. The molecule has 2 aromatic heterocycles. The van der Waals surface area contributed by atoms with E-state index in [9.17, 15) is 9.90 Å². The first-order valence-corrected chi connectivity index (χ1v) is 10.8. The maximum atomic E-state index is 12.4. The van der Waals surface area contributed by atoms with Crippen LogP contribution >= 0.6 is 11.3 Å². The number of H-pyrrole nitrogens is 1. The van der Waals surface area contributed by atoms with Crippen LogP contribution in [0.3, 0.4) is 0 Å². The Labute approximate surface area is 173 Å². The predicted molar refractivity (Wildman–Crippen MR) is 117 cm³/mol. The number of aliphatic carboxylic acids is 1. The van der Waals surface area contributed by atoms with Crippen LogP contribution in [0.5, 0.6) is 0 Å². The molecule has 4 aromatic rings. The van der Waals surface area contributed by atoms with Gasteiger partial charge in [-0.05, 0) is 44.5 Å². The van der Waals surface area contributed by atoms with Gasteiger partial charge in [-0.25, -0.2) is 4.98 Å². The quantitative estimate of drug-likeness (QED) is 0.496. The molecule has 2 N–H and O–H groups in total. The highest BCUT2D eigenvalue weighted by atomic mass is 32.1. The van der Waals surface area contributed by atoms with E-state index in [2.05, 4.69) is 16.0 Å². The van der Waals surface area contributed by atoms with Crippen molar-refractivity contribution < 1.29 is 9.90 Å². The normalized spacial score (nSPS) is 19.0. The maximum Gasteiger partial charge on any atom is 0.325 e. The molecule has 0 saturated carbocycles. The average molecular weight is 406 g/mol. The molecule has 1 saturated heterocycles. The van der Waals surface area contributed by atoms with Crippen LogP contribution in [0.2, 0.25) is 0 Å². The number of aromatic amines is 1. The van der Waals surface area contributed by atoms with Crippen molar-refractivity contribution in [2.45, 2.75) is 31.7 Å². The molecule has 0 amide bonds. The topological polar surface area (TPSA) is 69.2 Å². The summed E-state index contributed by atoms with van der Waals surface area (Å²) >= 11 is 1.74. The first-order chi connectivity index (χ1) is 14.1. The molecular formula is C23H23N3O2S. The second-order valence-corrected chi connectivity index (χ2v) is 8.87. The highest BCUT2D eigenvalue weighted by Crippen LogP contribution is 2.38. The molecule has 6 heteroatoms. The number of thiazole rings is 1. The van der Waals surface area contributed by atoms with E-state index >= 15 is 0 Å². The van der Waals surface area contributed by atoms with E-state index < -0.39 is 12.0 Å². The largest absolute Gasteiger partial charge is 0.480 e. The second-order valence-electron chi connectivity index (χ2n) is 7.80. The minimum Gasteiger partial charge on any atom is -0.480 e. The summed E-state index contributed by atoms with van der Waals surface area (Å²) in [4.78, 5) is 22.7. The Morgan fingerprint density at radius 1 is 1.24 bits per heavy atom. The molecule has 0 bridgehead atoms. The third-order valence-electron chi connectivity index (χ3n) is 5.93. The number of para-hydroxylation sites is 2. The number of rotatable bonds is 4. The van der Waals surface area contributed by atoms with Crippen molar-refractivity contribution in [3.05, 3.63) is 64.8 Å². The summed E-state index contributed by atoms with van der Waals surface area (Å²) in [5.74, 6) is -0.517. The van der Waals surface area contributed by atoms with Crippen molar-refractivity contribution in [2.75, 3.05) is 13.1 Å². The summed E-state index contributed by atoms with van der Waals surface area (Å²) in [6.07, 6.45) is 2.03. The fourth-order valence-electron chi connectivity index (χ4n) is 4.62. The smallest absolute Gasteiger partial charge is 0.325 e. The van der Waals surface area contributed by atoms with Crippen LogP contribution in [0.15, 0.2) is 48.5 Å². The fraction of sp³-hybridized carbons (Fsp3) is 0.304. The van der Waals surface area contributed by atoms with Crippen LogP contribution < -0.4 is 0 Å². The number of carboxylic acid groups (broad SMARTS) is 1. The number of aromatic nitrogens is 2. The maximum absolute atomic E-state index is 12.4. The van der Waals surface area contributed by atoms with E-state index in [-0.39, 0.29) is 5.92 Å². The van der Waals surface area contributed by atoms with Gasteiger partial charge in [0.1, 0.15) is 6.04 Å². The summed E-state index contributed by atoms with van der Waals surface area (Å²) < 4.78 is 1.20. The number of carbonyl (C=O) groups is 1. The molecule has 2 aromatic carbocycles. The van der Waals surface area contributed by atoms with Crippen molar-refractivity contribution >= 4 is 38.4 Å². The van der Waals surface area contributed by atoms with Crippen LogP contribution in [-0.4, -0.2) is 39.0 Å². The van der Waals surface area contributed by atoms with Crippen molar-refractivity contribution in [1.29, 1.82) is 0 Å². The zero-order valence-electron chi connectivity index (χ0n) is 16.3. The number of benzene rings is 2. The lowest BCUT2D eigenvalue weighted by Gasteiger charge is -2.36. The number of fused-ring (bicyclic) bond motifs is 2. The van der Waals surface area contributed by atoms with Crippen LogP contribution in [0.1, 0.15) is 41.1 Å². The summed E-state index contributed by atoms with van der Waals surface area (Å²) in [5.41, 5.74) is 3.84. The van der Waals surface area contributed by atoms with Crippen molar-refractivity contribution in [3.8, 4) is 0 Å². The SMILES string of the molecule is Cc1[nH]c2ccccc2c1[C@H](C(=O)O)N1CCC[C@H](c2nc3ccccc3s2)C1. The standard InChI is InChI=1S/C23H23N3O2S/c1-14-20(16-8-2-3-9-17(16)24-14)21(23(27)28)26-12-6-7-15(13-26)22-25-18-10-4-5-11-19(18)29-22/h2-5,8-11,15,21,24H,6-7,12-13H2,1H3,(H,27,28)/t15-,21+/m0/s1. The fourth-order valence-corrected chi connectivity index (χ4v) is 5.71. The number of hydrogen-bond donors (Lipinski definition) is 2. The van der Waals surface area contributed by atoms with E-state index in [1.807, 2.05) is 49.4 Å². The average Bonchev–Trinajstić information content (AvgIpc) is 3.30. The van der Waals surface area contributed by atoms with Crippen molar-refractivity contribution in [1.82, 2.24) is 14.9 Å². The first-order valence-electron chi connectivity index (χ1n) is 10.0. The van der Waals surface area contributed by atoms with Crippen molar-refractivity contribution in [2.24, 2.45) is 0 Å². The molecule has 29 heavy (non-hydrogen) atoms. The zero-order chi connectivity index (χ0) is 20.0. The molecule has 148 valence electrons. The predicted octanol–water partition coefficient (Wildman–Crippen LogP) is 5.09. The lowest BCUT2D eigenvalue weighted by Crippen LogP contribution is -2.41. The van der Waals surface area contributed by atoms with Crippen LogP contribution in [0.4, 0.5) is 0 Å². The molecule has 1 aliphatic heterocycles. The molecule has 0 spiro atoms. The van der Waals surface area contributed by atoms with Gasteiger partial charge in [-0.1, -0.05) is 30.3 Å². The number of carboxylic acids is 1. The van der Waals surface area contributed by atoms with E-state index in [4.69, 9.17) is 4.98 Å². The highest BCUT2D eigenvalue weighted by molar-refractivity contribution is 7.18. The van der Waals surface area contributed by atoms with Gasteiger partial charge in [0.05, 0.1) is 15.2 Å². The van der Waals surface area contributed by atoms with Gasteiger partial charge in [-0.3, -0.25) is 9.69 Å². The second kappa shape index (κ2) is 7.28. The minimum absolute atomic E-state index is 0.272. The molecule has 0 unspecified atom stereocenters. The van der Waals surface area contributed by atoms with E-state index in [1.165, 1.54) is 4.70 Å². The Balaban J connectivity index is 1.50. The van der Waals surface area contributed by atoms with E-state index in [1.54, 1.807) is 11.3 Å². The Hall–Kier alpha value is -2.70. The van der Waals surface area contributed by atoms with Gasteiger partial charge in [-0.2, -0.15) is 0 Å². The minimum atomic E-state index is -0.789. The van der Waals surface area contributed by atoms with Gasteiger partial charge in [0.2, 0.25) is 0 Å². The van der Waals surface area contributed by atoms with Gasteiger partial charge in [-0.15, -0.1) is 11.3 Å². The molecule has 0 radical (unpaired) electrons. The van der Waals surface area contributed by atoms with Crippen LogP contribution in [-0.2, 0) is 4.79 Å². The summed E-state index contributed by atoms with van der Waals surface area (Å²) in [6, 6.07) is 15.5. The number of piperidine rings is 1. The third-order valence-corrected chi connectivity index (χ3v) is 7.13. The zero-order valence-corrected chi connectivity index (χ0v) is 17.1. The lowest BCUT2D eigenvalue weighted by molar-refractivity contribution is -0.144. The van der Waals surface area contributed by atoms with Gasteiger partial charge in [0.15, 0.2) is 0 Å². The van der Waals surface area contributed by atoms with Crippen LogP contribution in [0, 0.1) is 6.92 Å². The Morgan fingerprint density at radius 3 is 2.86 bits per heavy atom. The number of nitrogens with one attached hydrogen (secondary N) is 1. The summed E-state index contributed by atoms with van der Waals surface area (Å²) in [6.45, 7) is 3.48. The molecule has 5 nitrogen and oxygen atoms in total. The van der Waals surface area contributed by atoms with Crippen LogP contribution in [0.25, 0.3) is 21.1 Å². The Kier molecular flexibility index (Phi) is 4.60. The molecule has 1 fully saturated rings. The Morgan fingerprint density at radius 2 is 2.03 bits per heavy atom. The van der Waals surface area contributed by atoms with Gasteiger partial charge < -0.3 is 10.1 Å². The summed E-state index contributed by atoms with van der Waals surface area (Å²) in [7, 11) is 0. The number of hydrogen-bond acceptors (Lipinski definition) is 4. The molecule has 1 aliphatic rings. The molecule has 2 atom stereocenters.